The van der Waals surface area contributed by atoms with E-state index in [2.05, 4.69) is 5.32 Å². The lowest BCUT2D eigenvalue weighted by Gasteiger charge is -2.20. The van der Waals surface area contributed by atoms with Gasteiger partial charge < -0.3 is 10.4 Å². The first-order valence-corrected chi connectivity index (χ1v) is 7.47. The predicted molar refractivity (Wildman–Crippen MR) is 71.9 cm³/mol. The highest BCUT2D eigenvalue weighted by Crippen LogP contribution is 2.23. The number of urea groups is 1. The van der Waals surface area contributed by atoms with Gasteiger partial charge >= 0.3 is 12.0 Å². The quantitative estimate of drug-likeness (QED) is 0.645. The Kier molecular flexibility index (Phi) is 6.66. The fraction of sp³-hybridized carbons (Fsp3) is 0.500. The number of imide groups is 1. The molecule has 100 valence electrons. The minimum atomic E-state index is -1.24. The van der Waals surface area contributed by atoms with Crippen molar-refractivity contribution in [3.8, 4) is 0 Å². The van der Waals surface area contributed by atoms with Gasteiger partial charge in [-0.1, -0.05) is 0 Å². The van der Waals surface area contributed by atoms with Crippen LogP contribution in [-0.4, -0.2) is 52.1 Å². The first-order valence-electron chi connectivity index (χ1n) is 5.27. The molecule has 0 bridgehead atoms. The zero-order valence-corrected chi connectivity index (χ0v) is 11.2. The fourth-order valence-corrected chi connectivity index (χ4v) is 3.82. The number of aliphatic carboxylic acids is 1. The molecule has 3 N–H and O–H groups in total. The van der Waals surface area contributed by atoms with Crippen molar-refractivity contribution in [2.24, 2.45) is 0 Å². The maximum atomic E-state index is 11.3. The Labute approximate surface area is 113 Å². The molecule has 0 radical (unpaired) electrons. The number of amides is 3. The topological polar surface area (TPSA) is 95.5 Å². The number of carboxylic acids is 1. The van der Waals surface area contributed by atoms with Crippen LogP contribution in [-0.2, 0) is 9.59 Å². The van der Waals surface area contributed by atoms with Gasteiger partial charge in [0.2, 0.25) is 0 Å². The maximum Gasteiger partial charge on any atom is 0.328 e. The summed E-state index contributed by atoms with van der Waals surface area (Å²) in [4.78, 5) is 32.5. The highest BCUT2D eigenvalue weighted by molar-refractivity contribution is 8.06. The van der Waals surface area contributed by atoms with Crippen LogP contribution in [0, 0.1) is 0 Å². The third-order valence-electron chi connectivity index (χ3n) is 1.99. The molecule has 1 rings (SSSR count). The molecule has 8 heteroatoms. The summed E-state index contributed by atoms with van der Waals surface area (Å²) in [7, 11) is 0. The number of nitrogens with one attached hydrogen (secondary N) is 2. The third-order valence-corrected chi connectivity index (χ3v) is 4.83. The summed E-state index contributed by atoms with van der Waals surface area (Å²) in [5.74, 6) is 1.20. The summed E-state index contributed by atoms with van der Waals surface area (Å²) >= 11 is 3.64. The van der Waals surface area contributed by atoms with Crippen molar-refractivity contribution in [2.75, 3.05) is 23.8 Å². The second-order valence-corrected chi connectivity index (χ2v) is 6.00. The molecule has 0 spiro atoms. The summed E-state index contributed by atoms with van der Waals surface area (Å²) < 4.78 is 0. The molecule has 1 unspecified atom stereocenters. The van der Waals surface area contributed by atoms with Gasteiger partial charge in [0, 0.05) is 41.2 Å². The standard InChI is InChI=1S/C10H14N2O4S2/c13-8(1-2-9(14)15)12-10(16)11-5-7-6-17-3-4-18-7/h1-2,7H,3-6H2,(H,14,15)(H2,11,12,13,16)/b2-1+. The van der Waals surface area contributed by atoms with E-state index in [1.54, 1.807) is 11.8 Å². The fourth-order valence-electron chi connectivity index (χ4n) is 1.21. The van der Waals surface area contributed by atoms with E-state index in [1.807, 2.05) is 17.1 Å². The number of thioether (sulfide) groups is 2. The van der Waals surface area contributed by atoms with E-state index in [1.165, 1.54) is 0 Å². The van der Waals surface area contributed by atoms with Gasteiger partial charge in [0.1, 0.15) is 0 Å². The van der Waals surface area contributed by atoms with Crippen molar-refractivity contribution in [1.29, 1.82) is 0 Å². The van der Waals surface area contributed by atoms with Gasteiger partial charge in [-0.3, -0.25) is 10.1 Å². The van der Waals surface area contributed by atoms with Gasteiger partial charge in [-0.2, -0.15) is 23.5 Å². The molecular formula is C10H14N2O4S2. The van der Waals surface area contributed by atoms with E-state index in [9.17, 15) is 14.4 Å². The molecule has 1 saturated heterocycles. The largest absolute Gasteiger partial charge is 0.478 e. The summed E-state index contributed by atoms with van der Waals surface area (Å²) in [6.07, 6.45) is 1.48. The Morgan fingerprint density at radius 1 is 1.28 bits per heavy atom. The number of carbonyl (C=O) groups is 3. The van der Waals surface area contributed by atoms with Gasteiger partial charge in [-0.25, -0.2) is 9.59 Å². The molecule has 0 aliphatic carbocycles. The molecule has 1 heterocycles. The van der Waals surface area contributed by atoms with Crippen LogP contribution in [0.2, 0.25) is 0 Å². The van der Waals surface area contributed by atoms with Crippen molar-refractivity contribution in [3.05, 3.63) is 12.2 Å². The Bertz CT molecular complexity index is 354. The van der Waals surface area contributed by atoms with Crippen molar-refractivity contribution in [2.45, 2.75) is 5.25 Å². The number of rotatable bonds is 4. The highest BCUT2D eigenvalue weighted by atomic mass is 32.2. The summed E-state index contributed by atoms with van der Waals surface area (Å²) in [6, 6.07) is -0.605. The van der Waals surface area contributed by atoms with E-state index < -0.39 is 17.9 Å². The number of hydrogen-bond donors (Lipinski definition) is 3. The van der Waals surface area contributed by atoms with Crippen LogP contribution in [0.25, 0.3) is 0 Å². The van der Waals surface area contributed by atoms with Crippen molar-refractivity contribution in [3.63, 3.8) is 0 Å². The SMILES string of the molecule is O=C(O)/C=C/C(=O)NC(=O)NCC1CSCCS1. The van der Waals surface area contributed by atoms with Gasteiger partial charge in [-0.05, 0) is 0 Å². The summed E-state index contributed by atoms with van der Waals surface area (Å²) in [5, 5.41) is 13.3. The molecule has 1 aliphatic rings. The molecule has 0 saturated carbocycles. The predicted octanol–water partition coefficient (Wildman–Crippen LogP) is 0.302. The average Bonchev–Trinajstić information content (AvgIpc) is 2.35. The molecule has 0 aromatic carbocycles. The Morgan fingerprint density at radius 3 is 2.67 bits per heavy atom. The van der Waals surface area contributed by atoms with Crippen LogP contribution >= 0.6 is 23.5 Å². The first-order chi connectivity index (χ1) is 8.58. The molecule has 1 atom stereocenters. The highest BCUT2D eigenvalue weighted by Gasteiger charge is 2.15. The Balaban J connectivity index is 2.20. The summed E-state index contributed by atoms with van der Waals surface area (Å²) in [6.45, 7) is 0.499. The Morgan fingerprint density at radius 2 is 2.06 bits per heavy atom. The number of carboxylic acid groups (broad SMARTS) is 1. The molecule has 0 aromatic heterocycles. The number of hydrogen-bond acceptors (Lipinski definition) is 5. The maximum absolute atomic E-state index is 11.3. The van der Waals surface area contributed by atoms with E-state index in [4.69, 9.17) is 5.11 Å². The first kappa shape index (κ1) is 14.9. The van der Waals surface area contributed by atoms with Crippen molar-refractivity contribution >= 4 is 41.4 Å². The lowest BCUT2D eigenvalue weighted by molar-refractivity contribution is -0.131. The molecule has 1 aliphatic heterocycles. The van der Waals surface area contributed by atoms with Gasteiger partial charge in [0.25, 0.3) is 5.91 Å². The van der Waals surface area contributed by atoms with Gasteiger partial charge in [-0.15, -0.1) is 0 Å². The molecular weight excluding hydrogens is 276 g/mol. The minimum absolute atomic E-state index is 0.360. The lowest BCUT2D eigenvalue weighted by Crippen LogP contribution is -2.42. The second-order valence-electron chi connectivity index (χ2n) is 3.44. The van der Waals surface area contributed by atoms with E-state index in [0.29, 0.717) is 17.9 Å². The molecule has 3 amide bonds. The molecule has 18 heavy (non-hydrogen) atoms. The molecule has 0 aromatic rings. The van der Waals surface area contributed by atoms with E-state index in [0.717, 1.165) is 23.3 Å². The number of carbonyl (C=O) groups excluding carboxylic acids is 2. The van der Waals surface area contributed by atoms with E-state index in [-0.39, 0.29) is 0 Å². The van der Waals surface area contributed by atoms with Crippen LogP contribution in [0.15, 0.2) is 12.2 Å². The zero-order chi connectivity index (χ0) is 13.4. The minimum Gasteiger partial charge on any atom is -0.478 e. The molecule has 1 fully saturated rings. The lowest BCUT2D eigenvalue weighted by atomic mass is 10.4. The van der Waals surface area contributed by atoms with Crippen molar-refractivity contribution < 1.29 is 19.5 Å². The van der Waals surface area contributed by atoms with Crippen LogP contribution in [0.3, 0.4) is 0 Å². The van der Waals surface area contributed by atoms with Gasteiger partial charge in [0.05, 0.1) is 0 Å². The molecule has 6 nitrogen and oxygen atoms in total. The van der Waals surface area contributed by atoms with Crippen molar-refractivity contribution in [1.82, 2.24) is 10.6 Å². The van der Waals surface area contributed by atoms with Crippen LogP contribution < -0.4 is 10.6 Å². The smallest absolute Gasteiger partial charge is 0.328 e. The van der Waals surface area contributed by atoms with Crippen LogP contribution in [0.4, 0.5) is 4.79 Å². The van der Waals surface area contributed by atoms with E-state index >= 15 is 0 Å². The Hall–Kier alpha value is -1.15. The zero-order valence-electron chi connectivity index (χ0n) is 9.55. The average molecular weight is 290 g/mol. The normalized spacial score (nSPS) is 19.4. The second kappa shape index (κ2) is 8.04. The monoisotopic (exact) mass is 290 g/mol. The van der Waals surface area contributed by atoms with Gasteiger partial charge in [0.15, 0.2) is 0 Å². The third kappa shape index (κ3) is 6.55. The van der Waals surface area contributed by atoms with Crippen LogP contribution in [0.5, 0.6) is 0 Å². The summed E-state index contributed by atoms with van der Waals surface area (Å²) in [5.41, 5.74) is 0. The van der Waals surface area contributed by atoms with Crippen LogP contribution in [0.1, 0.15) is 0 Å².